The van der Waals surface area contributed by atoms with Crippen molar-refractivity contribution in [3.8, 4) is 0 Å². The average molecular weight is 359 g/mol. The highest BCUT2D eigenvalue weighted by Gasteiger charge is 2.34. The van der Waals surface area contributed by atoms with Gasteiger partial charge in [0.05, 0.1) is 25.8 Å². The second-order valence-corrected chi connectivity index (χ2v) is 5.71. The van der Waals surface area contributed by atoms with Gasteiger partial charge in [-0.15, -0.1) is 0 Å². The Morgan fingerprint density at radius 3 is 2.77 bits per heavy atom. The van der Waals surface area contributed by atoms with Crippen LogP contribution in [0.4, 0.5) is 5.69 Å². The van der Waals surface area contributed by atoms with Gasteiger partial charge in [0.2, 0.25) is 0 Å². The van der Waals surface area contributed by atoms with Crippen LogP contribution in [0.15, 0.2) is 35.5 Å². The first kappa shape index (κ1) is 17.5. The molecule has 0 unspecified atom stereocenters. The number of anilines is 1. The van der Waals surface area contributed by atoms with E-state index < -0.39 is 17.8 Å². The van der Waals surface area contributed by atoms with Crippen molar-refractivity contribution >= 4 is 34.4 Å². The van der Waals surface area contributed by atoms with Crippen molar-refractivity contribution in [1.82, 2.24) is 9.88 Å². The number of aromatic carboxylic acids is 1. The quantitative estimate of drug-likeness (QED) is 0.553. The maximum Gasteiger partial charge on any atom is 0.352 e. The number of nitrogens with zero attached hydrogens (tertiary/aromatic N) is 1. The molecule has 1 aliphatic heterocycles. The van der Waals surface area contributed by atoms with Gasteiger partial charge in [-0.05, 0) is 24.3 Å². The molecule has 4 N–H and O–H groups in total. The standard InChI is InChI=1S/C17H17N3O6/c1-26-17(25)11-8-20(4-5-21)15(22)14(11)18-10-2-3-12-9(6-10)7-13(19-12)16(23)24/h2-3,6-7,18-19,21H,4-5,8H2,1H3,(H,23,24). The maximum atomic E-state index is 12.5. The first-order valence-corrected chi connectivity index (χ1v) is 7.79. The number of β-amino-alcohol motifs (C(OH)–C–C–N with tert-alkyl or cyclic N) is 1. The van der Waals surface area contributed by atoms with E-state index in [9.17, 15) is 14.4 Å². The molecule has 0 radical (unpaired) electrons. The summed E-state index contributed by atoms with van der Waals surface area (Å²) in [6.07, 6.45) is 0. The van der Waals surface area contributed by atoms with E-state index >= 15 is 0 Å². The van der Waals surface area contributed by atoms with Gasteiger partial charge in [0, 0.05) is 23.1 Å². The Bertz CT molecular complexity index is 930. The van der Waals surface area contributed by atoms with E-state index in [1.165, 1.54) is 18.1 Å². The van der Waals surface area contributed by atoms with Crippen LogP contribution in [0.5, 0.6) is 0 Å². The zero-order valence-corrected chi connectivity index (χ0v) is 13.9. The van der Waals surface area contributed by atoms with Gasteiger partial charge in [0.15, 0.2) is 0 Å². The minimum Gasteiger partial charge on any atom is -0.477 e. The minimum absolute atomic E-state index is 0.0456. The number of esters is 1. The number of methoxy groups -OCH3 is 1. The van der Waals surface area contributed by atoms with Crippen LogP contribution in [-0.4, -0.2) is 64.7 Å². The molecule has 2 aromatic rings. The molecule has 1 aromatic heterocycles. The Balaban J connectivity index is 1.93. The molecule has 2 heterocycles. The lowest BCUT2D eigenvalue weighted by atomic mass is 10.2. The lowest BCUT2D eigenvalue weighted by Crippen LogP contribution is -2.31. The van der Waals surface area contributed by atoms with Gasteiger partial charge >= 0.3 is 11.9 Å². The summed E-state index contributed by atoms with van der Waals surface area (Å²) < 4.78 is 4.73. The van der Waals surface area contributed by atoms with Crippen LogP contribution in [0.2, 0.25) is 0 Å². The SMILES string of the molecule is COC(=O)C1=C(Nc2ccc3[nH]c(C(=O)O)cc3c2)C(=O)N(CCO)C1. The van der Waals surface area contributed by atoms with Crippen LogP contribution in [0, 0.1) is 0 Å². The van der Waals surface area contributed by atoms with Crippen molar-refractivity contribution in [2.45, 2.75) is 0 Å². The van der Waals surface area contributed by atoms with E-state index in [0.29, 0.717) is 16.6 Å². The molecule has 3 rings (SSSR count). The highest BCUT2D eigenvalue weighted by molar-refractivity contribution is 6.08. The largest absolute Gasteiger partial charge is 0.477 e. The molecule has 26 heavy (non-hydrogen) atoms. The molecular formula is C17H17N3O6. The minimum atomic E-state index is -1.07. The molecule has 136 valence electrons. The number of rotatable bonds is 6. The Labute approximate surface area is 147 Å². The molecule has 1 aromatic carbocycles. The number of aromatic nitrogens is 1. The zero-order valence-electron chi connectivity index (χ0n) is 13.9. The first-order valence-electron chi connectivity index (χ1n) is 7.79. The number of hydrogen-bond acceptors (Lipinski definition) is 6. The van der Waals surface area contributed by atoms with Crippen LogP contribution >= 0.6 is 0 Å². The molecular weight excluding hydrogens is 342 g/mol. The number of nitrogens with one attached hydrogen (secondary N) is 2. The summed E-state index contributed by atoms with van der Waals surface area (Å²) in [6, 6.07) is 6.48. The molecule has 1 amide bonds. The van der Waals surface area contributed by atoms with Gasteiger partial charge in [-0.2, -0.15) is 0 Å². The molecule has 0 atom stereocenters. The fourth-order valence-corrected chi connectivity index (χ4v) is 2.82. The van der Waals surface area contributed by atoms with Crippen molar-refractivity contribution in [3.05, 3.63) is 41.2 Å². The summed E-state index contributed by atoms with van der Waals surface area (Å²) in [5.74, 6) is -2.12. The number of carboxylic acids is 1. The smallest absolute Gasteiger partial charge is 0.352 e. The third kappa shape index (κ3) is 3.11. The summed E-state index contributed by atoms with van der Waals surface area (Å²) >= 11 is 0. The van der Waals surface area contributed by atoms with Crippen molar-refractivity contribution < 1.29 is 29.3 Å². The van der Waals surface area contributed by atoms with E-state index in [0.717, 1.165) is 0 Å². The highest BCUT2D eigenvalue weighted by atomic mass is 16.5. The number of amides is 1. The molecule has 9 nitrogen and oxygen atoms in total. The lowest BCUT2D eigenvalue weighted by Gasteiger charge is -2.15. The lowest BCUT2D eigenvalue weighted by molar-refractivity contribution is -0.136. The third-order valence-corrected chi connectivity index (χ3v) is 4.07. The van der Waals surface area contributed by atoms with Gasteiger partial charge < -0.3 is 30.2 Å². The number of aromatic amines is 1. The number of fused-ring (bicyclic) bond motifs is 1. The monoisotopic (exact) mass is 359 g/mol. The number of carboxylic acid groups (broad SMARTS) is 1. The molecule has 9 heteroatoms. The van der Waals surface area contributed by atoms with Crippen LogP contribution in [0.3, 0.4) is 0 Å². The number of hydrogen-bond donors (Lipinski definition) is 4. The Kier molecular flexibility index (Phi) is 4.63. The molecule has 0 saturated carbocycles. The predicted molar refractivity (Wildman–Crippen MR) is 91.6 cm³/mol. The second kappa shape index (κ2) is 6.89. The van der Waals surface area contributed by atoms with E-state index in [2.05, 4.69) is 10.3 Å². The van der Waals surface area contributed by atoms with Gasteiger partial charge in [-0.3, -0.25) is 4.79 Å². The normalized spacial score (nSPS) is 14.2. The fourth-order valence-electron chi connectivity index (χ4n) is 2.82. The van der Waals surface area contributed by atoms with Crippen LogP contribution < -0.4 is 5.32 Å². The number of ether oxygens (including phenoxy) is 1. The van der Waals surface area contributed by atoms with E-state index in [1.807, 2.05) is 0 Å². The van der Waals surface area contributed by atoms with E-state index in [-0.39, 0.29) is 36.7 Å². The Hall–Kier alpha value is -3.33. The molecule has 1 aliphatic rings. The van der Waals surface area contributed by atoms with Crippen molar-refractivity contribution in [2.75, 3.05) is 32.1 Å². The summed E-state index contributed by atoms with van der Waals surface area (Å²) in [6.45, 7) is -0.0754. The van der Waals surface area contributed by atoms with E-state index in [4.69, 9.17) is 14.9 Å². The van der Waals surface area contributed by atoms with Crippen LogP contribution in [0.1, 0.15) is 10.5 Å². The van der Waals surface area contributed by atoms with Gasteiger partial charge in [0.1, 0.15) is 11.4 Å². The van der Waals surface area contributed by atoms with E-state index in [1.54, 1.807) is 18.2 Å². The summed E-state index contributed by atoms with van der Waals surface area (Å²) in [4.78, 5) is 39.6. The molecule has 0 aliphatic carbocycles. The number of benzene rings is 1. The van der Waals surface area contributed by atoms with Gasteiger partial charge in [-0.25, -0.2) is 9.59 Å². The predicted octanol–water partition coefficient (Wildman–Crippen LogP) is 0.540. The topological polar surface area (TPSA) is 132 Å². The maximum absolute atomic E-state index is 12.5. The summed E-state index contributed by atoms with van der Waals surface area (Å²) in [5, 5.41) is 21.7. The number of aliphatic hydroxyl groups is 1. The Morgan fingerprint density at radius 1 is 1.35 bits per heavy atom. The van der Waals surface area contributed by atoms with Gasteiger partial charge in [0.25, 0.3) is 5.91 Å². The fraction of sp³-hybridized carbons (Fsp3) is 0.235. The number of H-pyrrole nitrogens is 1. The Morgan fingerprint density at radius 2 is 2.12 bits per heavy atom. The number of carbonyl (C=O) groups is 3. The van der Waals surface area contributed by atoms with Crippen molar-refractivity contribution in [1.29, 1.82) is 0 Å². The van der Waals surface area contributed by atoms with Crippen LogP contribution in [-0.2, 0) is 14.3 Å². The van der Waals surface area contributed by atoms with Crippen LogP contribution in [0.25, 0.3) is 10.9 Å². The molecule has 0 saturated heterocycles. The van der Waals surface area contributed by atoms with Gasteiger partial charge in [-0.1, -0.05) is 0 Å². The number of aliphatic hydroxyl groups excluding tert-OH is 1. The average Bonchev–Trinajstić information content (AvgIpc) is 3.18. The molecule has 0 spiro atoms. The second-order valence-electron chi connectivity index (χ2n) is 5.71. The van der Waals surface area contributed by atoms with Crippen molar-refractivity contribution in [3.63, 3.8) is 0 Å². The molecule has 0 fully saturated rings. The van der Waals surface area contributed by atoms with Crippen molar-refractivity contribution in [2.24, 2.45) is 0 Å². The summed E-state index contributed by atoms with van der Waals surface area (Å²) in [7, 11) is 1.23. The molecule has 0 bridgehead atoms. The highest BCUT2D eigenvalue weighted by Crippen LogP contribution is 2.25. The zero-order chi connectivity index (χ0) is 18.8. The number of carbonyl (C=O) groups excluding carboxylic acids is 2. The summed E-state index contributed by atoms with van der Waals surface area (Å²) in [5.41, 5.74) is 1.46. The first-order chi connectivity index (χ1) is 12.4. The third-order valence-electron chi connectivity index (χ3n) is 4.07.